The summed E-state index contributed by atoms with van der Waals surface area (Å²) >= 11 is 0. The SMILES string of the molecule is Cc1ccc2c(c1)c1cc(C)ccc1n2-c1cc(-c2c(C)cccc2C(F)(F)F)cc(C#N)c1-n1c2ccc(C)cc2c2cc(C)ccc21.Cc1ccc2c(c1)c1cc(C)ccc1n2-c1cc(-c2c(C)cccc2C(F)(F)F)cc(C(F)(F)F)c1-n1c2ccc(C)cc2c2cc(C)ccc21. The lowest BCUT2D eigenvalue weighted by Crippen LogP contribution is -2.16. The maximum atomic E-state index is 15.8. The minimum absolute atomic E-state index is 0.0697. The van der Waals surface area contributed by atoms with Crippen molar-refractivity contribution < 1.29 is 39.5 Å². The van der Waals surface area contributed by atoms with Gasteiger partial charge < -0.3 is 18.3 Å². The van der Waals surface area contributed by atoms with Crippen molar-refractivity contribution in [1.29, 1.82) is 5.26 Å². The fourth-order valence-corrected chi connectivity index (χ4v) is 15.2. The summed E-state index contributed by atoms with van der Waals surface area (Å²) < 4.78 is 143. The molecular formula is C86H64F9N5. The Kier molecular flexibility index (Phi) is 15.2. The largest absolute Gasteiger partial charge is 0.418 e. The average Bonchev–Trinajstić information content (AvgIpc) is 1.54. The van der Waals surface area contributed by atoms with E-state index >= 15 is 13.2 Å². The van der Waals surface area contributed by atoms with Crippen LogP contribution in [-0.2, 0) is 18.5 Å². The molecule has 14 heteroatoms. The van der Waals surface area contributed by atoms with E-state index in [9.17, 15) is 31.6 Å². The monoisotopic (exact) mass is 1340 g/mol. The van der Waals surface area contributed by atoms with E-state index < -0.39 is 35.2 Å². The topological polar surface area (TPSA) is 43.5 Å². The first kappa shape index (κ1) is 64.7. The van der Waals surface area contributed by atoms with Crippen molar-refractivity contribution in [1.82, 2.24) is 18.3 Å². The van der Waals surface area contributed by atoms with Gasteiger partial charge >= 0.3 is 18.5 Å². The summed E-state index contributed by atoms with van der Waals surface area (Å²) in [6, 6.07) is 64.1. The van der Waals surface area contributed by atoms with E-state index in [1.54, 1.807) is 28.2 Å². The summed E-state index contributed by atoms with van der Waals surface area (Å²) in [4.78, 5) is 0. The van der Waals surface area contributed by atoms with Gasteiger partial charge in [0.1, 0.15) is 6.07 Å². The molecule has 0 saturated carbocycles. The van der Waals surface area contributed by atoms with Crippen LogP contribution < -0.4 is 0 Å². The van der Waals surface area contributed by atoms with E-state index in [4.69, 9.17) is 0 Å². The summed E-state index contributed by atoms with van der Waals surface area (Å²) in [6.07, 6.45) is -14.3. The lowest BCUT2D eigenvalue weighted by atomic mass is 9.92. The molecule has 16 rings (SSSR count). The summed E-state index contributed by atoms with van der Waals surface area (Å²) in [6.45, 7) is 19.2. The summed E-state index contributed by atoms with van der Waals surface area (Å²) in [5.41, 5.74) is 13.6. The van der Waals surface area contributed by atoms with Crippen molar-refractivity contribution in [3.05, 3.63) is 284 Å². The van der Waals surface area contributed by atoms with Gasteiger partial charge in [0.25, 0.3) is 0 Å². The predicted octanol–water partition coefficient (Wildman–Crippen LogP) is 25.1. The van der Waals surface area contributed by atoms with Crippen molar-refractivity contribution >= 4 is 87.2 Å². The second kappa shape index (κ2) is 23.4. The molecule has 5 nitrogen and oxygen atoms in total. The summed E-state index contributed by atoms with van der Waals surface area (Å²) in [5, 5.41) is 18.3. The van der Waals surface area contributed by atoms with Gasteiger partial charge in [0.05, 0.1) is 89.1 Å². The van der Waals surface area contributed by atoms with Crippen LogP contribution in [0.15, 0.2) is 206 Å². The number of nitriles is 1. The highest BCUT2D eigenvalue weighted by atomic mass is 19.4. The number of benzene rings is 12. The summed E-state index contributed by atoms with van der Waals surface area (Å²) in [5.74, 6) is 0. The van der Waals surface area contributed by atoms with E-state index in [0.29, 0.717) is 44.6 Å². The minimum atomic E-state index is -4.95. The van der Waals surface area contributed by atoms with Gasteiger partial charge in [-0.25, -0.2) is 0 Å². The van der Waals surface area contributed by atoms with Crippen LogP contribution in [-0.4, -0.2) is 18.3 Å². The molecule has 0 spiro atoms. The zero-order valence-corrected chi connectivity index (χ0v) is 56.3. The molecule has 0 atom stereocenters. The third-order valence-electron chi connectivity index (χ3n) is 19.6. The first-order valence-electron chi connectivity index (χ1n) is 32.8. The van der Waals surface area contributed by atoms with Gasteiger partial charge in [-0.1, -0.05) is 117 Å². The molecule has 0 N–H and O–H groups in total. The first-order chi connectivity index (χ1) is 47.6. The second-order valence-electron chi connectivity index (χ2n) is 26.9. The third-order valence-corrected chi connectivity index (χ3v) is 19.6. The van der Waals surface area contributed by atoms with E-state index in [-0.39, 0.29) is 39.2 Å². The Balaban J connectivity index is 0.000000163. The lowest BCUT2D eigenvalue weighted by molar-refractivity contribution is -0.138. The van der Waals surface area contributed by atoms with Crippen LogP contribution in [0.4, 0.5) is 39.5 Å². The Hall–Kier alpha value is -11.3. The Bertz CT molecular complexity index is 5950. The number of rotatable bonds is 6. The average molecular weight is 1340 g/mol. The lowest BCUT2D eigenvalue weighted by Gasteiger charge is -2.24. The number of aryl methyl sites for hydroxylation is 10. The smallest absolute Gasteiger partial charge is 0.307 e. The maximum absolute atomic E-state index is 15.8. The van der Waals surface area contributed by atoms with Gasteiger partial charge in [-0.15, -0.1) is 0 Å². The Labute approximate surface area is 570 Å². The molecule has 0 aliphatic heterocycles. The Morgan fingerprint density at radius 3 is 0.790 bits per heavy atom. The number of aromatic nitrogens is 4. The molecule has 0 saturated heterocycles. The van der Waals surface area contributed by atoms with Crippen molar-refractivity contribution in [2.24, 2.45) is 0 Å². The quantitative estimate of drug-likeness (QED) is 0.153. The second-order valence-corrected chi connectivity index (χ2v) is 26.9. The molecule has 4 heterocycles. The minimum Gasteiger partial charge on any atom is -0.307 e. The molecule has 0 bridgehead atoms. The predicted molar refractivity (Wildman–Crippen MR) is 388 cm³/mol. The number of hydrogen-bond donors (Lipinski definition) is 0. The van der Waals surface area contributed by atoms with Crippen LogP contribution in [0.1, 0.15) is 77.9 Å². The summed E-state index contributed by atoms with van der Waals surface area (Å²) in [7, 11) is 0. The van der Waals surface area contributed by atoms with Crippen molar-refractivity contribution in [3.63, 3.8) is 0 Å². The highest BCUT2D eigenvalue weighted by molar-refractivity contribution is 6.15. The van der Waals surface area contributed by atoms with Crippen molar-refractivity contribution in [2.75, 3.05) is 0 Å². The van der Waals surface area contributed by atoms with Gasteiger partial charge in [0.2, 0.25) is 0 Å². The Morgan fingerprint density at radius 2 is 0.520 bits per heavy atom. The van der Waals surface area contributed by atoms with Gasteiger partial charge in [-0.3, -0.25) is 0 Å². The molecule has 0 fully saturated rings. The number of fused-ring (bicyclic) bond motifs is 12. The van der Waals surface area contributed by atoms with Gasteiger partial charge in [-0.05, 0) is 236 Å². The van der Waals surface area contributed by atoms with Crippen LogP contribution in [0.3, 0.4) is 0 Å². The van der Waals surface area contributed by atoms with Crippen LogP contribution in [0.2, 0.25) is 0 Å². The maximum Gasteiger partial charge on any atom is 0.418 e. The highest BCUT2D eigenvalue weighted by Crippen LogP contribution is 2.50. The normalized spacial score (nSPS) is 12.3. The van der Waals surface area contributed by atoms with Gasteiger partial charge in [-0.2, -0.15) is 44.8 Å². The fourth-order valence-electron chi connectivity index (χ4n) is 15.2. The number of hydrogen-bond acceptors (Lipinski definition) is 1. The van der Waals surface area contributed by atoms with Crippen molar-refractivity contribution in [2.45, 2.75) is 87.8 Å². The molecule has 0 unspecified atom stereocenters. The van der Waals surface area contributed by atoms with E-state index in [1.165, 1.54) is 31.2 Å². The number of nitrogens with zero attached hydrogens (tertiary/aromatic N) is 5. The number of alkyl halides is 9. The van der Waals surface area contributed by atoms with Crippen LogP contribution in [0.5, 0.6) is 0 Å². The van der Waals surface area contributed by atoms with E-state index in [1.807, 2.05) is 107 Å². The van der Waals surface area contributed by atoms with Crippen LogP contribution in [0, 0.1) is 80.6 Å². The molecule has 0 aliphatic rings. The van der Waals surface area contributed by atoms with Crippen molar-refractivity contribution in [3.8, 4) is 51.1 Å². The molecule has 0 aliphatic carbocycles. The zero-order chi connectivity index (χ0) is 70.5. The molecule has 100 heavy (non-hydrogen) atoms. The van der Waals surface area contributed by atoms with Gasteiger partial charge in [0, 0.05) is 43.1 Å². The Morgan fingerprint density at radius 1 is 0.270 bits per heavy atom. The first-order valence-corrected chi connectivity index (χ1v) is 32.8. The molecule has 4 aromatic heterocycles. The molecular weight excluding hydrogens is 1270 g/mol. The van der Waals surface area contributed by atoms with E-state index in [0.717, 1.165) is 128 Å². The van der Waals surface area contributed by atoms with Gasteiger partial charge in [0.15, 0.2) is 0 Å². The van der Waals surface area contributed by atoms with Crippen LogP contribution in [0.25, 0.3) is 132 Å². The fraction of sp³-hybridized carbons (Fsp3) is 0.151. The standard InChI is InChI=1S/C43H32F6N2.C43H32F3N3/c1-23-9-13-35-29(17-23)30-18-24(2)10-14-36(30)50(35)39-22-28(40-27(5)7-6-8-33(40)42(44,45)46)21-34(43(47,48)49)41(39)51-37-15-11-25(3)19-31(37)32-20-26(4)12-16-38(32)51;1-24-9-13-36-31(17-24)32-18-25(2)10-14-37(32)48(36)40-22-29(41-28(5)7-6-8-35(41)43(44,45)46)21-30(23-47)42(40)49-38-15-11-26(3)19-33(38)34-20-27(4)12-16-39(34)49/h6-22H,1-5H3;6-22H,1-5H3. The third kappa shape index (κ3) is 10.6. The molecule has 496 valence electrons. The number of halogens is 9. The molecule has 12 aromatic carbocycles. The highest BCUT2D eigenvalue weighted by Gasteiger charge is 2.41. The molecule has 0 radical (unpaired) electrons. The van der Waals surface area contributed by atoms with E-state index in [2.05, 4.69) is 116 Å². The zero-order valence-electron chi connectivity index (χ0n) is 56.3. The van der Waals surface area contributed by atoms with Crippen LogP contribution >= 0.6 is 0 Å². The molecule has 16 aromatic rings. The molecule has 0 amide bonds.